The van der Waals surface area contributed by atoms with E-state index in [0.717, 1.165) is 0 Å². The molecule has 8 heteroatoms. The Hall–Kier alpha value is -1.27. The average molecular weight is 244 g/mol. The van der Waals surface area contributed by atoms with Crippen LogP contribution in [0, 0.1) is 0 Å². The van der Waals surface area contributed by atoms with Gasteiger partial charge in [-0.05, 0) is 19.4 Å². The number of azide groups is 1. The minimum absolute atomic E-state index is 0.0541. The summed E-state index contributed by atoms with van der Waals surface area (Å²) in [6, 6.07) is -0.436. The molecule has 0 bridgehead atoms. The lowest BCUT2D eigenvalue weighted by molar-refractivity contribution is -0.143. The molecule has 2 aliphatic rings. The molecule has 0 N–H and O–H groups in total. The van der Waals surface area contributed by atoms with Crippen LogP contribution in [-0.2, 0) is 14.6 Å². The Morgan fingerprint density at radius 3 is 2.75 bits per heavy atom. The van der Waals surface area contributed by atoms with Gasteiger partial charge in [0, 0.05) is 17.5 Å². The number of sulfone groups is 1. The van der Waals surface area contributed by atoms with Crippen LogP contribution in [0.15, 0.2) is 5.11 Å². The Bertz CT molecular complexity index is 495. The predicted octanol–water partition coefficient (Wildman–Crippen LogP) is 0.431. The van der Waals surface area contributed by atoms with E-state index in [0.29, 0.717) is 0 Å². The highest BCUT2D eigenvalue weighted by molar-refractivity contribution is 7.93. The third-order valence-corrected chi connectivity index (χ3v) is 6.58. The van der Waals surface area contributed by atoms with E-state index in [1.165, 1.54) is 11.8 Å². The zero-order chi connectivity index (χ0) is 12.1. The number of fused-ring (bicyclic) bond motifs is 1. The van der Waals surface area contributed by atoms with E-state index in [2.05, 4.69) is 10.0 Å². The lowest BCUT2D eigenvalue weighted by Gasteiger charge is -2.36. The van der Waals surface area contributed by atoms with Crippen molar-refractivity contribution in [2.75, 3.05) is 6.54 Å². The van der Waals surface area contributed by atoms with E-state index in [-0.39, 0.29) is 18.9 Å². The molecular weight excluding hydrogens is 232 g/mol. The van der Waals surface area contributed by atoms with Gasteiger partial charge in [-0.2, -0.15) is 0 Å². The maximum atomic E-state index is 12.2. The summed E-state index contributed by atoms with van der Waals surface area (Å²) < 4.78 is 23.2. The fraction of sp³-hybridized carbons (Fsp3) is 0.875. The van der Waals surface area contributed by atoms with Crippen LogP contribution in [0.1, 0.15) is 20.3 Å². The maximum Gasteiger partial charge on any atom is 0.227 e. The van der Waals surface area contributed by atoms with Crippen molar-refractivity contribution in [2.24, 2.45) is 5.11 Å². The van der Waals surface area contributed by atoms with Gasteiger partial charge in [-0.15, -0.1) is 0 Å². The van der Waals surface area contributed by atoms with E-state index in [4.69, 9.17) is 5.53 Å². The molecule has 0 aromatic carbocycles. The first-order chi connectivity index (χ1) is 7.36. The highest BCUT2D eigenvalue weighted by Crippen LogP contribution is 2.45. The first kappa shape index (κ1) is 11.2. The van der Waals surface area contributed by atoms with Crippen molar-refractivity contribution >= 4 is 15.7 Å². The second-order valence-corrected chi connectivity index (χ2v) is 6.95. The molecule has 2 saturated heterocycles. The lowest BCUT2D eigenvalue weighted by atomic mass is 9.98. The van der Waals surface area contributed by atoms with Gasteiger partial charge in [-0.25, -0.2) is 8.42 Å². The molecule has 0 aromatic heterocycles. The van der Waals surface area contributed by atoms with Gasteiger partial charge in [0.15, 0.2) is 9.84 Å². The second kappa shape index (κ2) is 3.11. The Kier molecular flexibility index (Phi) is 2.18. The number of hydrogen-bond donors (Lipinski definition) is 0. The number of β-lactam (4-membered cyclic amide) rings is 1. The fourth-order valence-electron chi connectivity index (χ4n) is 2.36. The largest absolute Gasteiger partial charge is 0.321 e. The summed E-state index contributed by atoms with van der Waals surface area (Å²) in [4.78, 5) is 15.3. The van der Waals surface area contributed by atoms with Crippen LogP contribution in [0.5, 0.6) is 0 Å². The maximum absolute atomic E-state index is 12.2. The van der Waals surface area contributed by atoms with E-state index in [9.17, 15) is 13.2 Å². The molecule has 3 atom stereocenters. The van der Waals surface area contributed by atoms with Gasteiger partial charge in [0.05, 0.1) is 11.2 Å². The standard InChI is InChI=1S/C8H12N4O3S/c1-5-8(2,4-10-11-9)16(14,15)7-3-6(13)12(5)7/h5,7H,3-4H2,1-2H3/t5?,7?,8-/m0/s1. The van der Waals surface area contributed by atoms with E-state index in [1.54, 1.807) is 6.92 Å². The van der Waals surface area contributed by atoms with E-state index < -0.39 is 26.0 Å². The molecule has 2 fully saturated rings. The number of nitrogens with zero attached hydrogens (tertiary/aromatic N) is 4. The third kappa shape index (κ3) is 1.06. The van der Waals surface area contributed by atoms with Crippen molar-refractivity contribution < 1.29 is 13.2 Å². The molecule has 2 aliphatic heterocycles. The Balaban J connectivity index is 2.46. The van der Waals surface area contributed by atoms with Gasteiger partial charge in [-0.1, -0.05) is 5.11 Å². The van der Waals surface area contributed by atoms with Crippen LogP contribution in [0.25, 0.3) is 10.4 Å². The molecule has 0 spiro atoms. The van der Waals surface area contributed by atoms with Gasteiger partial charge >= 0.3 is 0 Å². The minimum Gasteiger partial charge on any atom is -0.321 e. The molecule has 2 rings (SSSR count). The second-order valence-electron chi connectivity index (χ2n) is 4.38. The molecule has 16 heavy (non-hydrogen) atoms. The number of rotatable bonds is 2. The highest BCUT2D eigenvalue weighted by Gasteiger charge is 2.65. The number of hydrogen-bond acceptors (Lipinski definition) is 4. The van der Waals surface area contributed by atoms with Crippen molar-refractivity contribution in [2.45, 2.75) is 36.4 Å². The molecule has 0 radical (unpaired) electrons. The quantitative estimate of drug-likeness (QED) is 0.304. The van der Waals surface area contributed by atoms with Crippen molar-refractivity contribution in [1.29, 1.82) is 0 Å². The van der Waals surface area contributed by atoms with Crippen LogP contribution in [0.2, 0.25) is 0 Å². The third-order valence-electron chi connectivity index (χ3n) is 3.70. The van der Waals surface area contributed by atoms with Crippen LogP contribution in [0.4, 0.5) is 0 Å². The van der Waals surface area contributed by atoms with Crippen molar-refractivity contribution in [1.82, 2.24) is 4.90 Å². The number of carbonyl (C=O) groups excluding carboxylic acids is 1. The summed E-state index contributed by atoms with van der Waals surface area (Å²) in [5.41, 5.74) is 8.28. The SMILES string of the molecule is CC1N2C(=O)CC2S(=O)(=O)[C@@]1(C)CN=[N+]=[N-]. The first-order valence-corrected chi connectivity index (χ1v) is 6.46. The van der Waals surface area contributed by atoms with Gasteiger partial charge in [0.25, 0.3) is 0 Å². The molecule has 2 heterocycles. The molecule has 1 amide bonds. The topological polar surface area (TPSA) is 103 Å². The van der Waals surface area contributed by atoms with Gasteiger partial charge in [0.1, 0.15) is 5.37 Å². The molecule has 7 nitrogen and oxygen atoms in total. The summed E-state index contributed by atoms with van der Waals surface area (Å²) in [5.74, 6) is -0.147. The van der Waals surface area contributed by atoms with Crippen molar-refractivity contribution in [3.8, 4) is 0 Å². The van der Waals surface area contributed by atoms with E-state index >= 15 is 0 Å². The first-order valence-electron chi connectivity index (χ1n) is 4.91. The van der Waals surface area contributed by atoms with Gasteiger partial charge in [0.2, 0.25) is 5.91 Å². The summed E-state index contributed by atoms with van der Waals surface area (Å²) in [6.45, 7) is 3.09. The van der Waals surface area contributed by atoms with Crippen LogP contribution in [-0.4, -0.2) is 41.9 Å². The molecule has 0 aliphatic carbocycles. The van der Waals surface area contributed by atoms with Gasteiger partial charge in [-0.3, -0.25) is 4.79 Å². The summed E-state index contributed by atoms with van der Waals surface area (Å²) in [6.07, 6.45) is 0.0541. The molecular formula is C8H12N4O3S. The molecule has 88 valence electrons. The van der Waals surface area contributed by atoms with Crippen LogP contribution >= 0.6 is 0 Å². The molecule has 0 aromatic rings. The van der Waals surface area contributed by atoms with Crippen molar-refractivity contribution in [3.63, 3.8) is 0 Å². The Morgan fingerprint density at radius 1 is 1.69 bits per heavy atom. The Morgan fingerprint density at radius 2 is 2.31 bits per heavy atom. The summed E-state index contributed by atoms with van der Waals surface area (Å²) in [7, 11) is -3.44. The molecule has 0 saturated carbocycles. The summed E-state index contributed by atoms with van der Waals surface area (Å²) >= 11 is 0. The lowest BCUT2D eigenvalue weighted by Crippen LogP contribution is -2.53. The average Bonchev–Trinajstić information content (AvgIpc) is 2.31. The summed E-state index contributed by atoms with van der Waals surface area (Å²) in [5, 5.41) is 2.64. The molecule has 2 unspecified atom stereocenters. The van der Waals surface area contributed by atoms with Gasteiger partial charge < -0.3 is 4.90 Å². The number of carbonyl (C=O) groups is 1. The van der Waals surface area contributed by atoms with E-state index in [1.807, 2.05) is 0 Å². The predicted molar refractivity (Wildman–Crippen MR) is 56.1 cm³/mol. The van der Waals surface area contributed by atoms with Crippen LogP contribution in [0.3, 0.4) is 0 Å². The zero-order valence-corrected chi connectivity index (χ0v) is 9.81. The Labute approximate surface area is 93.0 Å². The monoisotopic (exact) mass is 244 g/mol. The zero-order valence-electron chi connectivity index (χ0n) is 8.99. The smallest absolute Gasteiger partial charge is 0.227 e. The fourth-order valence-corrected chi connectivity index (χ4v) is 4.77. The highest BCUT2D eigenvalue weighted by atomic mass is 32.2. The normalized spacial score (nSPS) is 39.9. The minimum atomic E-state index is -3.44. The van der Waals surface area contributed by atoms with Crippen LogP contribution < -0.4 is 0 Å². The van der Waals surface area contributed by atoms with Crippen molar-refractivity contribution in [3.05, 3.63) is 10.4 Å². The number of amides is 1.